The van der Waals surface area contributed by atoms with Gasteiger partial charge in [-0.05, 0) is 25.0 Å². The highest BCUT2D eigenvalue weighted by molar-refractivity contribution is 7.15. The summed E-state index contributed by atoms with van der Waals surface area (Å²) in [6.07, 6.45) is 1.14. The molecule has 1 atom stereocenters. The van der Waals surface area contributed by atoms with Crippen molar-refractivity contribution < 1.29 is 19.4 Å². The van der Waals surface area contributed by atoms with Gasteiger partial charge in [-0.2, -0.15) is 0 Å². The molecule has 30 heavy (non-hydrogen) atoms. The monoisotopic (exact) mass is 421 g/mol. The molecule has 6 heteroatoms. The number of aryl methyl sites for hydroxylation is 1. The van der Waals surface area contributed by atoms with Crippen molar-refractivity contribution in [1.29, 1.82) is 0 Å². The molecule has 5 nitrogen and oxygen atoms in total. The Morgan fingerprint density at radius 1 is 1.20 bits per heavy atom. The molecule has 0 fully saturated rings. The summed E-state index contributed by atoms with van der Waals surface area (Å²) in [5, 5.41) is 12.8. The van der Waals surface area contributed by atoms with Crippen molar-refractivity contribution in [2.24, 2.45) is 0 Å². The van der Waals surface area contributed by atoms with E-state index in [1.165, 1.54) is 11.3 Å². The van der Waals surface area contributed by atoms with E-state index < -0.39 is 5.97 Å². The highest BCUT2D eigenvalue weighted by atomic mass is 32.1. The van der Waals surface area contributed by atoms with Crippen LogP contribution >= 0.6 is 11.3 Å². The van der Waals surface area contributed by atoms with Gasteiger partial charge < -0.3 is 15.2 Å². The number of rotatable bonds is 6. The van der Waals surface area contributed by atoms with E-state index >= 15 is 0 Å². The van der Waals surface area contributed by atoms with E-state index in [0.717, 1.165) is 33.7 Å². The fourth-order valence-electron chi connectivity index (χ4n) is 3.80. The average molecular weight is 422 g/mol. The third-order valence-corrected chi connectivity index (χ3v) is 6.49. The fourth-order valence-corrected chi connectivity index (χ4v) is 5.03. The molecule has 0 aliphatic carbocycles. The van der Waals surface area contributed by atoms with Crippen LogP contribution in [0, 0.1) is 6.92 Å². The second-order valence-electron chi connectivity index (χ2n) is 7.41. The number of carboxylic acid groups (broad SMARTS) is 1. The van der Waals surface area contributed by atoms with Gasteiger partial charge in [0, 0.05) is 28.3 Å². The highest BCUT2D eigenvalue weighted by Gasteiger charge is 2.35. The number of benzene rings is 2. The number of para-hydroxylation sites is 1. The average Bonchev–Trinajstić information content (AvgIpc) is 3.12. The largest absolute Gasteiger partial charge is 0.493 e. The molecule has 154 valence electrons. The molecule has 4 rings (SSSR count). The van der Waals surface area contributed by atoms with Gasteiger partial charge in [0.25, 0.3) is 0 Å². The van der Waals surface area contributed by atoms with Crippen molar-refractivity contribution in [3.05, 3.63) is 69.4 Å². The van der Waals surface area contributed by atoms with Gasteiger partial charge in [0.2, 0.25) is 5.91 Å². The van der Waals surface area contributed by atoms with E-state index in [0.29, 0.717) is 17.9 Å². The zero-order valence-corrected chi connectivity index (χ0v) is 17.7. The SMILES string of the molecule is CCCOc1ccccc1[C@H]1CC(=O)Nc2c1sc(C(=O)O)c2-c1ccc(C)cc1. The van der Waals surface area contributed by atoms with Gasteiger partial charge >= 0.3 is 5.97 Å². The van der Waals surface area contributed by atoms with Gasteiger partial charge in [0.05, 0.1) is 12.3 Å². The van der Waals surface area contributed by atoms with Crippen LogP contribution in [0.25, 0.3) is 11.1 Å². The lowest BCUT2D eigenvalue weighted by Gasteiger charge is -2.25. The lowest BCUT2D eigenvalue weighted by atomic mass is 9.88. The van der Waals surface area contributed by atoms with E-state index in [-0.39, 0.29) is 23.1 Å². The van der Waals surface area contributed by atoms with E-state index in [2.05, 4.69) is 5.32 Å². The molecule has 2 heterocycles. The maximum atomic E-state index is 12.7. The standard InChI is InChI=1S/C24H23NO4S/c1-3-12-29-18-7-5-4-6-16(18)17-13-19(26)25-21-20(15-10-8-14(2)9-11-15)23(24(27)28)30-22(17)21/h4-11,17H,3,12-13H2,1-2H3,(H,25,26)(H,27,28)/t17-/m1/s1. The van der Waals surface area contributed by atoms with Crippen molar-refractivity contribution in [2.45, 2.75) is 32.6 Å². The Balaban J connectivity index is 1.89. The zero-order valence-electron chi connectivity index (χ0n) is 16.9. The van der Waals surface area contributed by atoms with Crippen molar-refractivity contribution >= 4 is 28.9 Å². The Labute approximate surface area is 179 Å². The number of thiophene rings is 1. The molecule has 2 N–H and O–H groups in total. The minimum atomic E-state index is -0.992. The van der Waals surface area contributed by atoms with Gasteiger partial charge in [-0.3, -0.25) is 4.79 Å². The molecule has 0 radical (unpaired) electrons. The molecule has 0 unspecified atom stereocenters. The number of fused-ring (bicyclic) bond motifs is 1. The second-order valence-corrected chi connectivity index (χ2v) is 8.46. The van der Waals surface area contributed by atoms with Crippen LogP contribution in [-0.4, -0.2) is 23.6 Å². The maximum absolute atomic E-state index is 12.7. The normalized spacial score (nSPS) is 15.4. The molecule has 3 aromatic rings. The predicted octanol–water partition coefficient (Wildman–Crippen LogP) is 5.68. The van der Waals surface area contributed by atoms with Gasteiger partial charge in [0.15, 0.2) is 0 Å². The van der Waals surface area contributed by atoms with Crippen molar-refractivity contribution in [1.82, 2.24) is 0 Å². The first-order valence-corrected chi connectivity index (χ1v) is 10.8. The summed E-state index contributed by atoms with van der Waals surface area (Å²) < 4.78 is 5.93. The number of hydrogen-bond acceptors (Lipinski definition) is 4. The number of carboxylic acids is 1. The topological polar surface area (TPSA) is 75.6 Å². The first-order valence-electron chi connectivity index (χ1n) is 9.98. The number of ether oxygens (including phenoxy) is 1. The number of carbonyl (C=O) groups excluding carboxylic acids is 1. The molecular weight excluding hydrogens is 398 g/mol. The Kier molecular flexibility index (Phi) is 5.59. The molecule has 0 saturated carbocycles. The Morgan fingerprint density at radius 2 is 1.93 bits per heavy atom. The minimum Gasteiger partial charge on any atom is -0.493 e. The van der Waals surface area contributed by atoms with Crippen molar-refractivity contribution in [3.63, 3.8) is 0 Å². The molecule has 0 spiro atoms. The molecule has 1 aromatic heterocycles. The van der Waals surface area contributed by atoms with E-state index in [9.17, 15) is 14.7 Å². The fraction of sp³-hybridized carbons (Fsp3) is 0.250. The first-order chi connectivity index (χ1) is 14.5. The van der Waals surface area contributed by atoms with Crippen LogP contribution in [0.3, 0.4) is 0 Å². The summed E-state index contributed by atoms with van der Waals surface area (Å²) >= 11 is 1.24. The summed E-state index contributed by atoms with van der Waals surface area (Å²) in [5.74, 6) is -0.620. The quantitative estimate of drug-likeness (QED) is 0.536. The predicted molar refractivity (Wildman–Crippen MR) is 119 cm³/mol. The van der Waals surface area contributed by atoms with Crippen LogP contribution in [-0.2, 0) is 4.79 Å². The Bertz CT molecular complexity index is 1100. The van der Waals surface area contributed by atoms with Gasteiger partial charge in [0.1, 0.15) is 10.6 Å². The molecule has 0 bridgehead atoms. The Hall–Kier alpha value is -3.12. The third-order valence-electron chi connectivity index (χ3n) is 5.20. The molecule has 1 aliphatic heterocycles. The van der Waals surface area contributed by atoms with E-state index in [4.69, 9.17) is 4.74 Å². The summed E-state index contributed by atoms with van der Waals surface area (Å²) in [5.41, 5.74) is 3.96. The van der Waals surface area contributed by atoms with Crippen molar-refractivity contribution in [3.8, 4) is 16.9 Å². The number of anilines is 1. The zero-order chi connectivity index (χ0) is 21.3. The van der Waals surface area contributed by atoms with Crippen LogP contribution < -0.4 is 10.1 Å². The lowest BCUT2D eigenvalue weighted by molar-refractivity contribution is -0.116. The number of hydrogen-bond donors (Lipinski definition) is 2. The van der Waals surface area contributed by atoms with Crippen LogP contribution in [0.1, 0.15) is 51.4 Å². The smallest absolute Gasteiger partial charge is 0.346 e. The molecule has 1 aliphatic rings. The number of carbonyl (C=O) groups is 2. The highest BCUT2D eigenvalue weighted by Crippen LogP contribution is 2.50. The summed E-state index contributed by atoms with van der Waals surface area (Å²) in [7, 11) is 0. The third kappa shape index (κ3) is 3.71. The maximum Gasteiger partial charge on any atom is 0.346 e. The van der Waals surface area contributed by atoms with Crippen LogP contribution in [0.15, 0.2) is 48.5 Å². The van der Waals surface area contributed by atoms with E-state index in [1.54, 1.807) is 0 Å². The Morgan fingerprint density at radius 3 is 2.63 bits per heavy atom. The van der Waals surface area contributed by atoms with Gasteiger partial charge in [-0.15, -0.1) is 11.3 Å². The lowest BCUT2D eigenvalue weighted by Crippen LogP contribution is -2.23. The second kappa shape index (κ2) is 8.32. The molecule has 2 aromatic carbocycles. The molecule has 0 saturated heterocycles. The summed E-state index contributed by atoms with van der Waals surface area (Å²) in [6.45, 7) is 4.61. The van der Waals surface area contributed by atoms with Crippen LogP contribution in [0.4, 0.5) is 5.69 Å². The molecule has 1 amide bonds. The van der Waals surface area contributed by atoms with Gasteiger partial charge in [-0.1, -0.05) is 55.0 Å². The van der Waals surface area contributed by atoms with Crippen LogP contribution in [0.2, 0.25) is 0 Å². The van der Waals surface area contributed by atoms with Crippen LogP contribution in [0.5, 0.6) is 5.75 Å². The molecular formula is C24H23NO4S. The first kappa shape index (κ1) is 20.2. The number of nitrogens with one attached hydrogen (secondary N) is 1. The summed E-state index contributed by atoms with van der Waals surface area (Å²) in [4.78, 5) is 25.8. The number of amides is 1. The van der Waals surface area contributed by atoms with Gasteiger partial charge in [-0.25, -0.2) is 4.79 Å². The minimum absolute atomic E-state index is 0.124. The van der Waals surface area contributed by atoms with E-state index in [1.807, 2.05) is 62.4 Å². The number of aromatic carboxylic acids is 1. The summed E-state index contributed by atoms with van der Waals surface area (Å²) in [6, 6.07) is 15.4. The van der Waals surface area contributed by atoms with Crippen molar-refractivity contribution in [2.75, 3.05) is 11.9 Å².